The summed E-state index contributed by atoms with van der Waals surface area (Å²) in [7, 11) is 0. The van der Waals surface area contributed by atoms with Crippen molar-refractivity contribution in [1.82, 2.24) is 25.4 Å². The van der Waals surface area contributed by atoms with Gasteiger partial charge in [0.25, 0.3) is 0 Å². The number of nitrogens with zero attached hydrogens (tertiary/aromatic N) is 4. The van der Waals surface area contributed by atoms with Crippen LogP contribution in [0.2, 0.25) is 0 Å². The summed E-state index contributed by atoms with van der Waals surface area (Å²) in [6, 6.07) is 14.3. The fourth-order valence-electron chi connectivity index (χ4n) is 2.61. The van der Waals surface area contributed by atoms with Crippen molar-refractivity contribution in [3.8, 4) is 5.82 Å². The Morgan fingerprint density at radius 1 is 1.08 bits per heavy atom. The Kier molecular flexibility index (Phi) is 5.98. The zero-order chi connectivity index (χ0) is 18.2. The van der Waals surface area contributed by atoms with Gasteiger partial charge in [-0.15, -0.1) is 0 Å². The van der Waals surface area contributed by atoms with Gasteiger partial charge in [0.05, 0.1) is 6.54 Å². The number of pyridine rings is 1. The highest BCUT2D eigenvalue weighted by Crippen LogP contribution is 2.07. The van der Waals surface area contributed by atoms with Crippen LogP contribution < -0.4 is 10.6 Å². The SMILES string of the molecule is CCNC(=NCc1cccc(C)c1)NCc1ccnc(-n2cccn2)c1. The summed E-state index contributed by atoms with van der Waals surface area (Å²) < 4.78 is 1.75. The number of hydrogen-bond donors (Lipinski definition) is 2. The van der Waals surface area contributed by atoms with E-state index in [1.54, 1.807) is 17.1 Å². The Balaban J connectivity index is 1.65. The molecule has 0 saturated heterocycles. The monoisotopic (exact) mass is 348 g/mol. The van der Waals surface area contributed by atoms with Crippen LogP contribution in [-0.2, 0) is 13.1 Å². The first-order chi connectivity index (χ1) is 12.7. The molecule has 6 heteroatoms. The number of benzene rings is 1. The number of nitrogens with one attached hydrogen (secondary N) is 2. The zero-order valence-corrected chi connectivity index (χ0v) is 15.2. The third kappa shape index (κ3) is 4.92. The fraction of sp³-hybridized carbons (Fsp3) is 0.250. The number of hydrogen-bond acceptors (Lipinski definition) is 3. The van der Waals surface area contributed by atoms with Gasteiger partial charge in [-0.25, -0.2) is 14.7 Å². The van der Waals surface area contributed by atoms with Gasteiger partial charge in [0.1, 0.15) is 0 Å². The highest BCUT2D eigenvalue weighted by molar-refractivity contribution is 5.79. The van der Waals surface area contributed by atoms with Crippen LogP contribution in [0, 0.1) is 6.92 Å². The van der Waals surface area contributed by atoms with Crippen LogP contribution >= 0.6 is 0 Å². The van der Waals surface area contributed by atoms with Crippen molar-refractivity contribution >= 4 is 5.96 Å². The van der Waals surface area contributed by atoms with Crippen molar-refractivity contribution in [2.45, 2.75) is 26.9 Å². The molecule has 134 valence electrons. The highest BCUT2D eigenvalue weighted by atomic mass is 15.3. The molecule has 0 radical (unpaired) electrons. The normalized spacial score (nSPS) is 11.4. The van der Waals surface area contributed by atoms with Gasteiger partial charge in [-0.3, -0.25) is 0 Å². The standard InChI is InChI=1S/C20H24N6/c1-3-21-20(23-14-17-7-4-6-16(2)12-17)24-15-18-8-10-22-19(13-18)26-11-5-9-25-26/h4-13H,3,14-15H2,1-2H3,(H2,21,23,24). The zero-order valence-electron chi connectivity index (χ0n) is 15.2. The van der Waals surface area contributed by atoms with Crippen molar-refractivity contribution in [2.24, 2.45) is 4.99 Å². The smallest absolute Gasteiger partial charge is 0.191 e. The summed E-state index contributed by atoms with van der Waals surface area (Å²) in [5.74, 6) is 1.60. The average Bonchev–Trinajstić information content (AvgIpc) is 3.19. The first-order valence-electron chi connectivity index (χ1n) is 8.77. The Morgan fingerprint density at radius 2 is 2.00 bits per heavy atom. The fourth-order valence-corrected chi connectivity index (χ4v) is 2.61. The van der Waals surface area contributed by atoms with Crippen LogP contribution in [0.15, 0.2) is 66.0 Å². The molecule has 2 aromatic heterocycles. The number of aryl methyl sites for hydroxylation is 1. The molecular formula is C20H24N6. The molecule has 0 fully saturated rings. The summed E-state index contributed by atoms with van der Waals surface area (Å²) >= 11 is 0. The highest BCUT2D eigenvalue weighted by Gasteiger charge is 2.02. The van der Waals surface area contributed by atoms with Crippen molar-refractivity contribution in [3.05, 3.63) is 77.7 Å². The molecule has 0 saturated carbocycles. The number of aromatic nitrogens is 3. The molecule has 1 aromatic carbocycles. The van der Waals surface area contributed by atoms with E-state index in [2.05, 4.69) is 63.8 Å². The van der Waals surface area contributed by atoms with Crippen LogP contribution in [-0.4, -0.2) is 27.3 Å². The lowest BCUT2D eigenvalue weighted by atomic mass is 10.1. The maximum atomic E-state index is 4.67. The lowest BCUT2D eigenvalue weighted by Crippen LogP contribution is -2.36. The van der Waals surface area contributed by atoms with E-state index in [1.165, 1.54) is 11.1 Å². The van der Waals surface area contributed by atoms with Crippen LogP contribution in [0.4, 0.5) is 0 Å². The van der Waals surface area contributed by atoms with E-state index in [4.69, 9.17) is 0 Å². The third-order valence-corrected chi connectivity index (χ3v) is 3.86. The lowest BCUT2D eigenvalue weighted by molar-refractivity contribution is 0.805. The van der Waals surface area contributed by atoms with E-state index in [-0.39, 0.29) is 0 Å². The van der Waals surface area contributed by atoms with Gasteiger partial charge >= 0.3 is 0 Å². The Bertz CT molecular complexity index is 854. The maximum absolute atomic E-state index is 4.67. The molecule has 0 aliphatic heterocycles. The van der Waals surface area contributed by atoms with Crippen LogP contribution in [0.3, 0.4) is 0 Å². The molecule has 0 atom stereocenters. The van der Waals surface area contributed by atoms with E-state index in [0.29, 0.717) is 13.1 Å². The molecule has 0 spiro atoms. The van der Waals surface area contributed by atoms with E-state index >= 15 is 0 Å². The van der Waals surface area contributed by atoms with Gasteiger partial charge in [0.15, 0.2) is 11.8 Å². The van der Waals surface area contributed by atoms with Gasteiger partial charge < -0.3 is 10.6 Å². The molecular weight excluding hydrogens is 324 g/mol. The van der Waals surface area contributed by atoms with Gasteiger partial charge in [0.2, 0.25) is 0 Å². The van der Waals surface area contributed by atoms with Crippen molar-refractivity contribution < 1.29 is 0 Å². The Labute approximate surface area is 154 Å². The van der Waals surface area contributed by atoms with Crippen LogP contribution in [0.5, 0.6) is 0 Å². The predicted octanol–water partition coefficient (Wildman–Crippen LogP) is 2.83. The molecule has 26 heavy (non-hydrogen) atoms. The van der Waals surface area contributed by atoms with Crippen LogP contribution in [0.25, 0.3) is 5.82 Å². The molecule has 0 unspecified atom stereocenters. The Hall–Kier alpha value is -3.15. The van der Waals surface area contributed by atoms with Gasteiger partial charge in [-0.2, -0.15) is 5.10 Å². The average molecular weight is 348 g/mol. The predicted molar refractivity (Wildman–Crippen MR) is 104 cm³/mol. The van der Waals surface area contributed by atoms with Crippen molar-refractivity contribution in [1.29, 1.82) is 0 Å². The van der Waals surface area contributed by atoms with Crippen LogP contribution in [0.1, 0.15) is 23.6 Å². The topological polar surface area (TPSA) is 67.1 Å². The molecule has 2 heterocycles. The summed E-state index contributed by atoms with van der Waals surface area (Å²) in [6.45, 7) is 6.28. The molecule has 0 aliphatic carbocycles. The van der Waals surface area contributed by atoms with Gasteiger partial charge in [-0.05, 0) is 43.2 Å². The molecule has 6 nitrogen and oxygen atoms in total. The summed E-state index contributed by atoms with van der Waals surface area (Å²) in [6.07, 6.45) is 5.42. The summed E-state index contributed by atoms with van der Waals surface area (Å²) in [5, 5.41) is 10.9. The minimum absolute atomic E-state index is 0.645. The lowest BCUT2D eigenvalue weighted by Gasteiger charge is -2.12. The number of aliphatic imine (C=N–C) groups is 1. The molecule has 3 rings (SSSR count). The minimum Gasteiger partial charge on any atom is -0.357 e. The first-order valence-corrected chi connectivity index (χ1v) is 8.77. The molecule has 0 amide bonds. The van der Waals surface area contributed by atoms with Crippen molar-refractivity contribution in [3.63, 3.8) is 0 Å². The van der Waals surface area contributed by atoms with E-state index in [9.17, 15) is 0 Å². The Morgan fingerprint density at radius 3 is 2.77 bits per heavy atom. The molecule has 3 aromatic rings. The van der Waals surface area contributed by atoms with E-state index in [0.717, 1.165) is 23.9 Å². The van der Waals surface area contributed by atoms with E-state index in [1.807, 2.05) is 24.4 Å². The molecule has 2 N–H and O–H groups in total. The quantitative estimate of drug-likeness (QED) is 0.531. The number of rotatable bonds is 6. The van der Waals surface area contributed by atoms with Gasteiger partial charge in [0, 0.05) is 31.7 Å². The molecule has 0 bridgehead atoms. The second-order valence-corrected chi connectivity index (χ2v) is 6.01. The minimum atomic E-state index is 0.645. The van der Waals surface area contributed by atoms with Crippen molar-refractivity contribution in [2.75, 3.05) is 6.54 Å². The third-order valence-electron chi connectivity index (χ3n) is 3.86. The van der Waals surface area contributed by atoms with E-state index < -0.39 is 0 Å². The second-order valence-electron chi connectivity index (χ2n) is 6.01. The van der Waals surface area contributed by atoms with Gasteiger partial charge in [-0.1, -0.05) is 29.8 Å². The second kappa shape index (κ2) is 8.80. The number of guanidine groups is 1. The largest absolute Gasteiger partial charge is 0.357 e. The summed E-state index contributed by atoms with van der Waals surface area (Å²) in [5.41, 5.74) is 3.57. The summed E-state index contributed by atoms with van der Waals surface area (Å²) in [4.78, 5) is 9.03. The first kappa shape index (κ1) is 17.7. The molecule has 0 aliphatic rings. The maximum Gasteiger partial charge on any atom is 0.191 e.